The lowest BCUT2D eigenvalue weighted by molar-refractivity contribution is -0.119. The molecular weight excluding hydrogens is 408 g/mol. The third kappa shape index (κ3) is 4.60. The van der Waals surface area contributed by atoms with Crippen molar-refractivity contribution in [2.45, 2.75) is 19.1 Å². The first-order valence-electron chi connectivity index (χ1n) is 10.7. The molecule has 9 heteroatoms. The van der Waals surface area contributed by atoms with Crippen LogP contribution in [0.1, 0.15) is 6.92 Å². The van der Waals surface area contributed by atoms with E-state index in [9.17, 15) is 9.18 Å². The van der Waals surface area contributed by atoms with Gasteiger partial charge in [-0.05, 0) is 56.0 Å². The number of amides is 1. The summed E-state index contributed by atoms with van der Waals surface area (Å²) in [5.41, 5.74) is 4.45. The topological polar surface area (TPSA) is 81.0 Å². The first kappa shape index (κ1) is 21.8. The van der Waals surface area contributed by atoms with Crippen molar-refractivity contribution in [1.29, 1.82) is 5.26 Å². The van der Waals surface area contributed by atoms with Gasteiger partial charge in [-0.1, -0.05) is 31.2 Å². The molecule has 7 nitrogen and oxygen atoms in total. The Bertz CT molecular complexity index is 1090. The average Bonchev–Trinajstić information content (AvgIpc) is 2.79. The standard InChI is InChI=1S/C16H12FN3O2.C7H13BN2/c17-12-4-2-1-3-11(12)10-5-6-13-14(7-10)22-9-15-18-19-16(21)8-20(13)15;1-7-5-10(2)4-3-8(7)6-9/h1-7H,8-9H2,(H,19,21);7H,3-5H2,1-2H3. The number of amidine groups is 1. The minimum atomic E-state index is -0.280. The van der Waals surface area contributed by atoms with Crippen LogP contribution in [0.15, 0.2) is 47.6 Å². The Morgan fingerprint density at radius 3 is 2.88 bits per heavy atom. The molecule has 1 fully saturated rings. The average molecular weight is 433 g/mol. The Balaban J connectivity index is 0.000000207. The quantitative estimate of drug-likeness (QED) is 0.700. The van der Waals surface area contributed by atoms with Gasteiger partial charge >= 0.3 is 0 Å². The number of ether oxygens (including phenoxy) is 1. The fourth-order valence-corrected chi connectivity index (χ4v) is 4.20. The van der Waals surface area contributed by atoms with Crippen LogP contribution in [0.4, 0.5) is 10.1 Å². The van der Waals surface area contributed by atoms with Gasteiger partial charge < -0.3 is 14.5 Å². The van der Waals surface area contributed by atoms with E-state index in [4.69, 9.17) is 10.00 Å². The normalized spacial score (nSPS) is 19.9. The predicted molar refractivity (Wildman–Crippen MR) is 123 cm³/mol. The molecule has 1 atom stereocenters. The maximum absolute atomic E-state index is 13.9. The third-order valence-electron chi connectivity index (χ3n) is 5.99. The molecule has 1 amide bonds. The summed E-state index contributed by atoms with van der Waals surface area (Å²) < 4.78 is 19.6. The second-order valence-corrected chi connectivity index (χ2v) is 8.36. The summed E-state index contributed by atoms with van der Waals surface area (Å²) in [4.78, 5) is 15.6. The summed E-state index contributed by atoms with van der Waals surface area (Å²) in [6, 6.07) is 12.0. The first-order chi connectivity index (χ1) is 15.5. The van der Waals surface area contributed by atoms with Crippen LogP contribution in [0.2, 0.25) is 12.1 Å². The van der Waals surface area contributed by atoms with Crippen molar-refractivity contribution in [3.05, 3.63) is 48.3 Å². The highest BCUT2D eigenvalue weighted by atomic mass is 19.1. The van der Waals surface area contributed by atoms with Crippen molar-refractivity contribution in [3.8, 4) is 22.8 Å². The number of anilines is 1. The van der Waals surface area contributed by atoms with Gasteiger partial charge in [-0.15, -0.1) is 0 Å². The summed E-state index contributed by atoms with van der Waals surface area (Å²) >= 11 is 0. The molecule has 0 radical (unpaired) electrons. The van der Waals surface area contributed by atoms with Gasteiger partial charge in [0.1, 0.15) is 24.7 Å². The van der Waals surface area contributed by atoms with Gasteiger partial charge in [-0.2, -0.15) is 5.10 Å². The Hall–Kier alpha value is -3.38. The van der Waals surface area contributed by atoms with Gasteiger partial charge in [-0.25, -0.2) is 15.1 Å². The van der Waals surface area contributed by atoms with Gasteiger partial charge in [0.05, 0.1) is 5.69 Å². The molecule has 3 aliphatic rings. The lowest BCUT2D eigenvalue weighted by atomic mass is 9.39. The lowest BCUT2D eigenvalue weighted by Crippen LogP contribution is -2.49. The third-order valence-corrected chi connectivity index (χ3v) is 5.99. The van der Waals surface area contributed by atoms with E-state index >= 15 is 0 Å². The summed E-state index contributed by atoms with van der Waals surface area (Å²) in [6.45, 7) is 5.10. The van der Waals surface area contributed by atoms with Crippen LogP contribution in [0.25, 0.3) is 11.1 Å². The Kier molecular flexibility index (Phi) is 6.42. The molecule has 32 heavy (non-hydrogen) atoms. The molecule has 3 heterocycles. The molecule has 0 aromatic heterocycles. The van der Waals surface area contributed by atoms with Crippen LogP contribution in [0.5, 0.6) is 5.75 Å². The molecule has 0 spiro atoms. The van der Waals surface area contributed by atoms with Crippen molar-refractivity contribution in [2.24, 2.45) is 5.10 Å². The molecule has 1 saturated heterocycles. The van der Waals surface area contributed by atoms with Crippen LogP contribution in [0, 0.1) is 17.0 Å². The minimum absolute atomic E-state index is 0.171. The molecule has 2 aromatic rings. The Labute approximate surface area is 187 Å². The predicted octanol–water partition coefficient (Wildman–Crippen LogP) is 3.01. The van der Waals surface area contributed by atoms with Crippen molar-refractivity contribution < 1.29 is 13.9 Å². The van der Waals surface area contributed by atoms with Crippen LogP contribution in [-0.4, -0.2) is 56.6 Å². The van der Waals surface area contributed by atoms with E-state index in [1.165, 1.54) is 6.07 Å². The number of halogens is 1. The molecule has 1 unspecified atom stereocenters. The highest BCUT2D eigenvalue weighted by Crippen LogP contribution is 2.37. The minimum Gasteiger partial charge on any atom is -0.483 e. The number of nitrogens with zero attached hydrogens (tertiary/aromatic N) is 4. The first-order valence-corrected chi connectivity index (χ1v) is 10.7. The van der Waals surface area contributed by atoms with E-state index in [1.807, 2.05) is 17.0 Å². The highest BCUT2D eigenvalue weighted by Gasteiger charge is 2.29. The number of hydrogen-bond donors (Lipinski definition) is 1. The number of hydrogen-bond acceptors (Lipinski definition) is 6. The fraction of sp³-hybridized carbons (Fsp3) is 0.348. The highest BCUT2D eigenvalue weighted by molar-refractivity contribution is 6.68. The molecule has 0 bridgehead atoms. The van der Waals surface area contributed by atoms with Crippen molar-refractivity contribution in [3.63, 3.8) is 0 Å². The number of carbonyl (C=O) groups excluding carboxylic acids is 1. The number of hydrazone groups is 1. The van der Waals surface area contributed by atoms with Crippen LogP contribution in [-0.2, 0) is 4.79 Å². The molecular formula is C23H25BFN5O2. The second kappa shape index (κ2) is 9.41. The van der Waals surface area contributed by atoms with Crippen LogP contribution in [0.3, 0.4) is 0 Å². The van der Waals surface area contributed by atoms with Crippen LogP contribution >= 0.6 is 0 Å². The van der Waals surface area contributed by atoms with Gasteiger partial charge in [0.15, 0.2) is 5.84 Å². The zero-order chi connectivity index (χ0) is 22.7. The van der Waals surface area contributed by atoms with Gasteiger partial charge in [0, 0.05) is 11.5 Å². The molecule has 0 aliphatic carbocycles. The number of carbonyl (C=O) groups is 1. The van der Waals surface area contributed by atoms with Crippen molar-refractivity contribution >= 4 is 24.1 Å². The monoisotopic (exact) mass is 433 g/mol. The number of benzene rings is 2. The van der Waals surface area contributed by atoms with Crippen molar-refractivity contribution in [2.75, 3.05) is 38.2 Å². The fourth-order valence-electron chi connectivity index (χ4n) is 4.20. The van der Waals surface area contributed by atoms with E-state index in [-0.39, 0.29) is 24.9 Å². The molecule has 5 rings (SSSR count). The molecule has 3 aliphatic heterocycles. The Morgan fingerprint density at radius 1 is 1.31 bits per heavy atom. The van der Waals surface area contributed by atoms with E-state index < -0.39 is 0 Å². The van der Waals surface area contributed by atoms with Gasteiger partial charge in [-0.3, -0.25) is 4.79 Å². The second-order valence-electron chi connectivity index (χ2n) is 8.36. The summed E-state index contributed by atoms with van der Waals surface area (Å²) in [6.07, 6.45) is 1.05. The van der Waals surface area contributed by atoms with E-state index in [0.717, 1.165) is 30.7 Å². The van der Waals surface area contributed by atoms with E-state index in [1.54, 1.807) is 24.3 Å². The van der Waals surface area contributed by atoms with Gasteiger partial charge in [0.2, 0.25) is 0 Å². The van der Waals surface area contributed by atoms with E-state index in [2.05, 4.69) is 35.4 Å². The summed E-state index contributed by atoms with van der Waals surface area (Å²) in [5, 5.41) is 12.7. The molecule has 2 aromatic carbocycles. The zero-order valence-electron chi connectivity index (χ0n) is 18.2. The number of nitriles is 1. The van der Waals surface area contributed by atoms with Gasteiger partial charge in [0.25, 0.3) is 12.6 Å². The smallest absolute Gasteiger partial charge is 0.273 e. The van der Waals surface area contributed by atoms with Crippen LogP contribution < -0.4 is 15.1 Å². The maximum Gasteiger partial charge on any atom is 0.273 e. The Morgan fingerprint density at radius 2 is 2.12 bits per heavy atom. The number of nitrogens with one attached hydrogen (secondary N) is 1. The zero-order valence-corrected chi connectivity index (χ0v) is 18.2. The number of fused-ring (bicyclic) bond motifs is 3. The summed E-state index contributed by atoms with van der Waals surface area (Å²) in [5.74, 6) is 3.73. The molecule has 0 saturated carbocycles. The van der Waals surface area contributed by atoms with Crippen molar-refractivity contribution in [1.82, 2.24) is 10.3 Å². The SMILES string of the molecule is CC1CN(C)CCB1C#N.O=C1CN2C(=NN1)COc1cc(-c3ccccc3F)ccc12. The maximum atomic E-state index is 13.9. The summed E-state index contributed by atoms with van der Waals surface area (Å²) in [7, 11) is 2.12. The largest absolute Gasteiger partial charge is 0.483 e. The molecule has 1 N–H and O–H groups in total. The lowest BCUT2D eigenvalue weighted by Gasteiger charge is -2.33. The number of rotatable bonds is 1. The molecule has 164 valence electrons. The van der Waals surface area contributed by atoms with E-state index in [0.29, 0.717) is 29.7 Å².